The molecule has 2 nitrogen and oxygen atoms in total. The summed E-state index contributed by atoms with van der Waals surface area (Å²) in [6.45, 7) is 8.98. The van der Waals surface area contributed by atoms with Crippen LogP contribution in [0.5, 0.6) is 0 Å². The molecule has 1 unspecified atom stereocenters. The molecule has 0 saturated carbocycles. The van der Waals surface area contributed by atoms with E-state index in [0.717, 1.165) is 5.57 Å². The molecule has 0 aromatic carbocycles. The zero-order chi connectivity index (χ0) is 11.6. The van der Waals surface area contributed by atoms with E-state index in [2.05, 4.69) is 6.58 Å². The van der Waals surface area contributed by atoms with Crippen LogP contribution in [0.2, 0.25) is 0 Å². The van der Waals surface area contributed by atoms with Crippen molar-refractivity contribution in [3.05, 3.63) is 36.0 Å². The van der Waals surface area contributed by atoms with Gasteiger partial charge in [0.05, 0.1) is 5.41 Å². The van der Waals surface area contributed by atoms with Gasteiger partial charge in [0.25, 0.3) is 0 Å². The predicted octanol–water partition coefficient (Wildman–Crippen LogP) is 2.61. The molecule has 0 aliphatic heterocycles. The van der Waals surface area contributed by atoms with E-state index in [4.69, 9.17) is 0 Å². The molecule has 0 bridgehead atoms. The summed E-state index contributed by atoms with van der Waals surface area (Å²) in [5.74, 6) is -0.722. The Bertz CT molecular complexity index is 385. The highest BCUT2D eigenvalue weighted by atomic mass is 16.2. The Morgan fingerprint density at radius 1 is 1.40 bits per heavy atom. The van der Waals surface area contributed by atoms with Gasteiger partial charge in [-0.3, -0.25) is 9.59 Å². The van der Waals surface area contributed by atoms with Crippen molar-refractivity contribution in [2.24, 2.45) is 5.41 Å². The summed E-state index contributed by atoms with van der Waals surface area (Å²) in [6, 6.07) is 0. The molecule has 0 aromatic heterocycles. The van der Waals surface area contributed by atoms with Gasteiger partial charge in [0.15, 0.2) is 0 Å². The fourth-order valence-corrected chi connectivity index (χ4v) is 1.91. The molecular weight excluding hydrogens is 188 g/mol. The van der Waals surface area contributed by atoms with Gasteiger partial charge in [0.1, 0.15) is 0 Å². The fourth-order valence-electron chi connectivity index (χ4n) is 1.91. The van der Waals surface area contributed by atoms with Crippen molar-refractivity contribution in [2.45, 2.75) is 27.2 Å². The van der Waals surface area contributed by atoms with Crippen LogP contribution in [0.1, 0.15) is 27.2 Å². The van der Waals surface area contributed by atoms with Crippen molar-refractivity contribution >= 4 is 11.6 Å². The highest BCUT2D eigenvalue weighted by molar-refractivity contribution is 6.45. The molecule has 0 radical (unpaired) electrons. The third kappa shape index (κ3) is 2.14. The minimum atomic E-state index is -0.725. The first-order valence-corrected chi connectivity index (χ1v) is 4.98. The van der Waals surface area contributed by atoms with Crippen LogP contribution < -0.4 is 0 Å². The summed E-state index contributed by atoms with van der Waals surface area (Å²) in [6.07, 6.45) is 5.78. The van der Waals surface area contributed by atoms with Gasteiger partial charge in [0.2, 0.25) is 11.6 Å². The first-order valence-electron chi connectivity index (χ1n) is 4.98. The van der Waals surface area contributed by atoms with Crippen molar-refractivity contribution in [3.8, 4) is 0 Å². The molecule has 0 aromatic rings. The fraction of sp³-hybridized carbons (Fsp3) is 0.385. The smallest absolute Gasteiger partial charge is 0.225 e. The molecule has 15 heavy (non-hydrogen) atoms. The van der Waals surface area contributed by atoms with E-state index >= 15 is 0 Å². The molecule has 0 spiro atoms. The number of hydrogen-bond acceptors (Lipinski definition) is 2. The van der Waals surface area contributed by atoms with Gasteiger partial charge in [-0.25, -0.2) is 0 Å². The maximum absolute atomic E-state index is 11.9. The van der Waals surface area contributed by atoms with Crippen LogP contribution in [0.4, 0.5) is 0 Å². The van der Waals surface area contributed by atoms with Crippen LogP contribution in [0.25, 0.3) is 0 Å². The van der Waals surface area contributed by atoms with Crippen LogP contribution >= 0.6 is 0 Å². The molecule has 0 fully saturated rings. The first-order chi connectivity index (χ1) is 6.90. The Morgan fingerprint density at radius 2 is 2.00 bits per heavy atom. The highest BCUT2D eigenvalue weighted by Crippen LogP contribution is 2.31. The summed E-state index contributed by atoms with van der Waals surface area (Å²) >= 11 is 0. The maximum Gasteiger partial charge on any atom is 0.225 e. The van der Waals surface area contributed by atoms with E-state index in [9.17, 15) is 9.59 Å². The van der Waals surface area contributed by atoms with Crippen molar-refractivity contribution in [2.75, 3.05) is 0 Å². The molecule has 2 heteroatoms. The van der Waals surface area contributed by atoms with E-state index in [1.165, 1.54) is 0 Å². The monoisotopic (exact) mass is 204 g/mol. The SMILES string of the molecule is C=CCC1(C)C=C(C)C=C(C)C(=O)C1=O. The number of rotatable bonds is 2. The summed E-state index contributed by atoms with van der Waals surface area (Å²) < 4.78 is 0. The third-order valence-corrected chi connectivity index (χ3v) is 2.64. The molecule has 1 rings (SSSR count). The third-order valence-electron chi connectivity index (χ3n) is 2.64. The van der Waals surface area contributed by atoms with Gasteiger partial charge < -0.3 is 0 Å². The Kier molecular flexibility index (Phi) is 3.08. The minimum absolute atomic E-state index is 0.340. The standard InChI is InChI=1S/C13H16O2/c1-5-6-13(4)8-9(2)7-10(3)11(14)12(13)15/h5,7-8H,1,6H2,2-4H3. The molecule has 0 N–H and O–H groups in total. The molecule has 0 saturated heterocycles. The molecule has 80 valence electrons. The average molecular weight is 204 g/mol. The number of hydrogen-bond donors (Lipinski definition) is 0. The predicted molar refractivity (Wildman–Crippen MR) is 60.4 cm³/mol. The average Bonchev–Trinajstić information content (AvgIpc) is 2.20. The zero-order valence-electron chi connectivity index (χ0n) is 9.46. The molecule has 0 amide bonds. The molecule has 1 atom stereocenters. The lowest BCUT2D eigenvalue weighted by atomic mass is 9.79. The second kappa shape index (κ2) is 3.97. The summed E-state index contributed by atoms with van der Waals surface area (Å²) in [5, 5.41) is 0. The highest BCUT2D eigenvalue weighted by Gasteiger charge is 2.36. The van der Waals surface area contributed by atoms with Crippen LogP contribution in [0.3, 0.4) is 0 Å². The van der Waals surface area contributed by atoms with Crippen molar-refractivity contribution in [1.82, 2.24) is 0 Å². The van der Waals surface area contributed by atoms with Gasteiger partial charge in [-0.15, -0.1) is 6.58 Å². The van der Waals surface area contributed by atoms with E-state index in [0.29, 0.717) is 12.0 Å². The first kappa shape index (κ1) is 11.6. The molecule has 1 aliphatic rings. The lowest BCUT2D eigenvalue weighted by Crippen LogP contribution is -2.31. The van der Waals surface area contributed by atoms with Gasteiger partial charge >= 0.3 is 0 Å². The quantitative estimate of drug-likeness (QED) is 0.512. The summed E-state index contributed by atoms with van der Waals surface area (Å²) in [7, 11) is 0. The second-order valence-corrected chi connectivity index (χ2v) is 4.28. The minimum Gasteiger partial charge on any atom is -0.289 e. The summed E-state index contributed by atoms with van der Waals surface area (Å²) in [5.41, 5.74) is 0.745. The van der Waals surface area contributed by atoms with Crippen molar-refractivity contribution < 1.29 is 9.59 Å². The molecule has 1 aliphatic carbocycles. The number of carbonyl (C=O) groups is 2. The number of ketones is 2. The van der Waals surface area contributed by atoms with Crippen LogP contribution in [-0.4, -0.2) is 11.6 Å². The van der Waals surface area contributed by atoms with Gasteiger partial charge in [0, 0.05) is 5.57 Å². The summed E-state index contributed by atoms with van der Waals surface area (Å²) in [4.78, 5) is 23.6. The van der Waals surface area contributed by atoms with E-state index < -0.39 is 5.41 Å². The van der Waals surface area contributed by atoms with Crippen LogP contribution in [0, 0.1) is 5.41 Å². The molecular formula is C13H16O2. The van der Waals surface area contributed by atoms with Crippen molar-refractivity contribution in [1.29, 1.82) is 0 Å². The topological polar surface area (TPSA) is 34.1 Å². The van der Waals surface area contributed by atoms with E-state index in [-0.39, 0.29) is 11.6 Å². The number of carbonyl (C=O) groups excluding carboxylic acids is 2. The lowest BCUT2D eigenvalue weighted by Gasteiger charge is -2.21. The Morgan fingerprint density at radius 3 is 2.53 bits per heavy atom. The van der Waals surface area contributed by atoms with Crippen LogP contribution in [0.15, 0.2) is 36.0 Å². The van der Waals surface area contributed by atoms with E-state index in [1.54, 1.807) is 26.0 Å². The second-order valence-electron chi connectivity index (χ2n) is 4.28. The van der Waals surface area contributed by atoms with Crippen molar-refractivity contribution in [3.63, 3.8) is 0 Å². The van der Waals surface area contributed by atoms with Gasteiger partial charge in [-0.2, -0.15) is 0 Å². The molecule has 0 heterocycles. The Hall–Kier alpha value is -1.44. The zero-order valence-corrected chi connectivity index (χ0v) is 9.46. The lowest BCUT2D eigenvalue weighted by molar-refractivity contribution is -0.138. The largest absolute Gasteiger partial charge is 0.289 e. The maximum atomic E-state index is 11.9. The van der Waals surface area contributed by atoms with Crippen LogP contribution in [-0.2, 0) is 9.59 Å². The Balaban J connectivity index is 3.24. The van der Waals surface area contributed by atoms with Gasteiger partial charge in [-0.05, 0) is 27.2 Å². The normalized spacial score (nSPS) is 26.9. The number of Topliss-reactive ketones (excluding diaryl/α,β-unsaturated/α-hetero) is 2. The van der Waals surface area contributed by atoms with Gasteiger partial charge in [-0.1, -0.05) is 23.8 Å². The Labute approximate surface area is 90.4 Å². The number of allylic oxidation sites excluding steroid dienone is 5. The van der Waals surface area contributed by atoms with E-state index in [1.807, 2.05) is 13.0 Å².